The van der Waals surface area contributed by atoms with E-state index in [1.54, 1.807) is 24.3 Å². The number of nitrogens with zero attached hydrogens (tertiary/aromatic N) is 1. The van der Waals surface area contributed by atoms with Gasteiger partial charge in [0.2, 0.25) is 0 Å². The van der Waals surface area contributed by atoms with Crippen LogP contribution in [-0.4, -0.2) is 35.2 Å². The first-order valence-corrected chi connectivity index (χ1v) is 11.0. The van der Waals surface area contributed by atoms with E-state index in [9.17, 15) is 22.8 Å². The van der Waals surface area contributed by atoms with Gasteiger partial charge in [0.05, 0.1) is 22.8 Å². The van der Waals surface area contributed by atoms with E-state index < -0.39 is 35.0 Å². The Balaban J connectivity index is 1.95. The third-order valence-electron chi connectivity index (χ3n) is 4.69. The van der Waals surface area contributed by atoms with Crippen molar-refractivity contribution in [2.75, 3.05) is 12.4 Å². The van der Waals surface area contributed by atoms with Gasteiger partial charge in [-0.25, -0.2) is 4.79 Å². The van der Waals surface area contributed by atoms with E-state index >= 15 is 0 Å². The number of benzene rings is 2. The zero-order valence-electron chi connectivity index (χ0n) is 16.9. The predicted octanol–water partition coefficient (Wildman–Crippen LogP) is 5.81. The molecule has 0 N–H and O–H groups in total. The zero-order chi connectivity index (χ0) is 22.8. The van der Waals surface area contributed by atoms with Crippen molar-refractivity contribution in [1.29, 1.82) is 0 Å². The molecular formula is C22H21ClF3NO3S. The average Bonchev–Trinajstić information content (AvgIpc) is 3.16. The molecule has 1 aliphatic rings. The minimum atomic E-state index is -4.46. The quantitative estimate of drug-likeness (QED) is 0.516. The molecule has 31 heavy (non-hydrogen) atoms. The lowest BCUT2D eigenvalue weighted by molar-refractivity contribution is -0.149. The van der Waals surface area contributed by atoms with Crippen LogP contribution in [0.2, 0.25) is 5.02 Å². The summed E-state index contributed by atoms with van der Waals surface area (Å²) in [6.45, 7) is 4.00. The summed E-state index contributed by atoms with van der Waals surface area (Å²) in [5.74, 6) is -0.641. The van der Waals surface area contributed by atoms with Crippen molar-refractivity contribution in [2.24, 2.45) is 5.92 Å². The van der Waals surface area contributed by atoms with Crippen LogP contribution in [0, 0.1) is 5.92 Å². The van der Waals surface area contributed by atoms with Crippen LogP contribution in [0.15, 0.2) is 48.5 Å². The lowest BCUT2D eigenvalue weighted by atomic mass is 10.1. The van der Waals surface area contributed by atoms with Gasteiger partial charge in [0.25, 0.3) is 5.91 Å². The maximum absolute atomic E-state index is 13.4. The summed E-state index contributed by atoms with van der Waals surface area (Å²) >= 11 is 7.49. The first-order chi connectivity index (χ1) is 14.6. The number of hydrogen-bond acceptors (Lipinski definition) is 4. The Morgan fingerprint density at radius 1 is 1.16 bits per heavy atom. The normalized spacial score (nSPS) is 19.0. The maximum Gasteiger partial charge on any atom is 0.416 e. The third-order valence-corrected chi connectivity index (χ3v) is 6.35. The van der Waals surface area contributed by atoms with Gasteiger partial charge in [-0.15, -0.1) is 11.8 Å². The van der Waals surface area contributed by atoms with Crippen molar-refractivity contribution in [3.8, 4) is 0 Å². The topological polar surface area (TPSA) is 46.6 Å². The molecule has 0 radical (unpaired) electrons. The molecule has 9 heteroatoms. The highest BCUT2D eigenvalue weighted by atomic mass is 35.5. The van der Waals surface area contributed by atoms with Gasteiger partial charge in [-0.05, 0) is 35.7 Å². The van der Waals surface area contributed by atoms with Crippen LogP contribution in [0.25, 0.3) is 0 Å². The Bertz CT molecular complexity index is 950. The fourth-order valence-corrected chi connectivity index (χ4v) is 4.78. The molecule has 0 aliphatic carbocycles. The number of esters is 1. The van der Waals surface area contributed by atoms with Crippen LogP contribution in [0.1, 0.15) is 40.7 Å². The smallest absolute Gasteiger partial charge is 0.416 e. The monoisotopic (exact) mass is 471 g/mol. The summed E-state index contributed by atoms with van der Waals surface area (Å²) in [5.41, 5.74) is -0.0843. The van der Waals surface area contributed by atoms with Crippen molar-refractivity contribution >= 4 is 35.2 Å². The summed E-state index contributed by atoms with van der Waals surface area (Å²) in [6, 6.07) is 10.2. The van der Waals surface area contributed by atoms with Gasteiger partial charge in [0, 0.05) is 5.75 Å². The fraction of sp³-hybridized carbons (Fsp3) is 0.364. The van der Waals surface area contributed by atoms with Crippen LogP contribution in [0.5, 0.6) is 0 Å². The summed E-state index contributed by atoms with van der Waals surface area (Å²) in [6.07, 6.45) is -4.46. The number of hydrogen-bond donors (Lipinski definition) is 0. The molecule has 3 rings (SSSR count). The minimum absolute atomic E-state index is 0.122. The Morgan fingerprint density at radius 3 is 2.39 bits per heavy atom. The summed E-state index contributed by atoms with van der Waals surface area (Å²) < 4.78 is 44.2. The number of halogens is 4. The van der Waals surface area contributed by atoms with Crippen LogP contribution >= 0.6 is 23.4 Å². The third kappa shape index (κ3) is 5.36. The van der Waals surface area contributed by atoms with E-state index in [1.165, 1.54) is 28.8 Å². The number of amides is 1. The molecule has 1 fully saturated rings. The van der Waals surface area contributed by atoms with E-state index in [1.807, 2.05) is 13.8 Å². The number of carbonyl (C=O) groups is 2. The summed E-state index contributed by atoms with van der Waals surface area (Å²) in [5, 5.41) is -0.424. The second-order valence-corrected chi connectivity index (χ2v) is 9.06. The Kier molecular flexibility index (Phi) is 7.21. The molecule has 2 aromatic carbocycles. The van der Waals surface area contributed by atoms with E-state index in [2.05, 4.69) is 0 Å². The molecular weight excluding hydrogens is 451 g/mol. The number of thioether (sulfide) groups is 1. The molecule has 1 heterocycles. The molecule has 1 amide bonds. The molecule has 2 atom stereocenters. The van der Waals surface area contributed by atoms with Crippen molar-refractivity contribution in [2.45, 2.75) is 31.4 Å². The van der Waals surface area contributed by atoms with E-state index in [4.69, 9.17) is 16.3 Å². The second-order valence-electron chi connectivity index (χ2n) is 7.54. The molecule has 0 saturated carbocycles. The number of rotatable bonds is 5. The van der Waals surface area contributed by atoms with Crippen LogP contribution in [0.3, 0.4) is 0 Å². The van der Waals surface area contributed by atoms with Crippen LogP contribution in [0.4, 0.5) is 13.2 Å². The highest BCUT2D eigenvalue weighted by Gasteiger charge is 2.44. The van der Waals surface area contributed by atoms with Gasteiger partial charge in [-0.3, -0.25) is 4.79 Å². The average molecular weight is 472 g/mol. The summed E-state index contributed by atoms with van der Waals surface area (Å²) in [4.78, 5) is 27.5. The van der Waals surface area contributed by atoms with Crippen molar-refractivity contribution in [3.05, 3.63) is 70.2 Å². The number of alkyl halides is 3. The van der Waals surface area contributed by atoms with E-state index in [0.717, 1.165) is 12.1 Å². The molecule has 1 aliphatic heterocycles. The molecule has 2 unspecified atom stereocenters. The van der Waals surface area contributed by atoms with Crippen molar-refractivity contribution < 1.29 is 27.5 Å². The van der Waals surface area contributed by atoms with Gasteiger partial charge >= 0.3 is 12.1 Å². The molecule has 2 aromatic rings. The van der Waals surface area contributed by atoms with Crippen LogP contribution < -0.4 is 0 Å². The summed E-state index contributed by atoms with van der Waals surface area (Å²) in [7, 11) is 0. The molecule has 166 valence electrons. The minimum Gasteiger partial charge on any atom is -0.464 e. The molecule has 0 aromatic heterocycles. The van der Waals surface area contributed by atoms with Gasteiger partial charge in [0.1, 0.15) is 11.4 Å². The van der Waals surface area contributed by atoms with Gasteiger partial charge in [-0.2, -0.15) is 13.2 Å². The lowest BCUT2D eigenvalue weighted by Gasteiger charge is -2.29. The Labute approximate surface area is 187 Å². The predicted molar refractivity (Wildman–Crippen MR) is 114 cm³/mol. The fourth-order valence-electron chi connectivity index (χ4n) is 3.15. The SMILES string of the molecule is CC(C)COC(=O)C1CSC(c2ccc(C(F)(F)F)cc2)N1C(=O)c1ccccc1Cl. The number of ether oxygens (including phenoxy) is 1. The zero-order valence-corrected chi connectivity index (χ0v) is 18.4. The molecule has 4 nitrogen and oxygen atoms in total. The van der Waals surface area contributed by atoms with E-state index in [0.29, 0.717) is 5.56 Å². The Hall–Kier alpha value is -2.19. The first kappa shape index (κ1) is 23.5. The first-order valence-electron chi connectivity index (χ1n) is 9.62. The Morgan fingerprint density at radius 2 is 1.81 bits per heavy atom. The molecule has 0 spiro atoms. The molecule has 0 bridgehead atoms. The standard InChI is InChI=1S/C22H21ClF3NO3S/c1-13(2)11-30-21(29)18-12-31-20(14-7-9-15(10-8-14)22(24,25)26)27(18)19(28)16-5-3-4-6-17(16)23/h3-10,13,18,20H,11-12H2,1-2H3. The van der Waals surface area contributed by atoms with Crippen molar-refractivity contribution in [1.82, 2.24) is 4.90 Å². The van der Waals surface area contributed by atoms with Gasteiger partial charge in [-0.1, -0.05) is 49.7 Å². The van der Waals surface area contributed by atoms with Gasteiger partial charge < -0.3 is 9.64 Å². The van der Waals surface area contributed by atoms with Crippen molar-refractivity contribution in [3.63, 3.8) is 0 Å². The lowest BCUT2D eigenvalue weighted by Crippen LogP contribution is -2.44. The maximum atomic E-state index is 13.4. The van der Waals surface area contributed by atoms with Gasteiger partial charge in [0.15, 0.2) is 0 Å². The van der Waals surface area contributed by atoms with Crippen LogP contribution in [-0.2, 0) is 15.7 Å². The number of carbonyl (C=O) groups excluding carboxylic acids is 2. The molecule has 1 saturated heterocycles. The highest BCUT2D eigenvalue weighted by Crippen LogP contribution is 2.43. The van der Waals surface area contributed by atoms with E-state index in [-0.39, 0.29) is 28.9 Å². The second kappa shape index (κ2) is 9.53. The highest BCUT2D eigenvalue weighted by molar-refractivity contribution is 7.99. The largest absolute Gasteiger partial charge is 0.464 e.